The van der Waals surface area contributed by atoms with Crippen LogP contribution in [0.4, 0.5) is 4.79 Å². The molecule has 3 aliphatic rings. The van der Waals surface area contributed by atoms with Crippen molar-refractivity contribution in [3.05, 3.63) is 29.3 Å². The first-order chi connectivity index (χ1) is 15.5. The number of imide groups is 1. The molecule has 0 aromatic heterocycles. The molecule has 178 valence electrons. The second-order valence-corrected chi connectivity index (χ2v) is 10.0. The molecule has 2 saturated heterocycles. The normalized spacial score (nSPS) is 25.6. The summed E-state index contributed by atoms with van der Waals surface area (Å²) < 4.78 is 11.7. The lowest BCUT2D eigenvalue weighted by atomic mass is 10.0. The first-order valence-corrected chi connectivity index (χ1v) is 11.5. The number of ether oxygens (including phenoxy) is 2. The Kier molecular flexibility index (Phi) is 6.07. The Bertz CT molecular complexity index is 985. The Hall–Kier alpha value is -3.10. The average Bonchev–Trinajstić information content (AvgIpc) is 3.02. The Balaban J connectivity index is 1.38. The molecule has 0 radical (unpaired) electrons. The number of hydrogen-bond donors (Lipinski definition) is 1. The Morgan fingerprint density at radius 3 is 2.58 bits per heavy atom. The van der Waals surface area contributed by atoms with Gasteiger partial charge in [-0.15, -0.1) is 0 Å². The van der Waals surface area contributed by atoms with Crippen LogP contribution in [-0.2, 0) is 20.9 Å². The lowest BCUT2D eigenvalue weighted by Crippen LogP contribution is -2.52. The fourth-order valence-electron chi connectivity index (χ4n) is 4.64. The summed E-state index contributed by atoms with van der Waals surface area (Å²) in [5.41, 5.74) is 0.829. The number of carbonyl (C=O) groups excluding carboxylic acids is 4. The van der Waals surface area contributed by atoms with E-state index in [4.69, 9.17) is 9.47 Å². The molecule has 4 rings (SSSR count). The van der Waals surface area contributed by atoms with E-state index < -0.39 is 17.6 Å². The van der Waals surface area contributed by atoms with Gasteiger partial charge in [0.25, 0.3) is 5.91 Å². The van der Waals surface area contributed by atoms with Crippen molar-refractivity contribution in [2.24, 2.45) is 0 Å². The van der Waals surface area contributed by atoms with Crippen LogP contribution in [0.5, 0.6) is 5.75 Å². The minimum absolute atomic E-state index is 0.0161. The summed E-state index contributed by atoms with van der Waals surface area (Å²) in [5, 5.41) is 2.31. The maximum atomic E-state index is 12.8. The van der Waals surface area contributed by atoms with Crippen molar-refractivity contribution in [2.45, 2.75) is 83.7 Å². The fourth-order valence-corrected chi connectivity index (χ4v) is 4.64. The molecule has 2 fully saturated rings. The zero-order valence-electron chi connectivity index (χ0n) is 19.6. The quantitative estimate of drug-likeness (QED) is 0.700. The minimum Gasteiger partial charge on any atom is -0.490 e. The lowest BCUT2D eigenvalue weighted by molar-refractivity contribution is -0.136. The third-order valence-corrected chi connectivity index (χ3v) is 6.25. The molecule has 3 aliphatic heterocycles. The van der Waals surface area contributed by atoms with Gasteiger partial charge in [-0.3, -0.25) is 19.7 Å². The highest BCUT2D eigenvalue weighted by atomic mass is 16.6. The van der Waals surface area contributed by atoms with Crippen molar-refractivity contribution < 1.29 is 28.7 Å². The van der Waals surface area contributed by atoms with Gasteiger partial charge >= 0.3 is 6.09 Å². The third kappa shape index (κ3) is 4.96. The van der Waals surface area contributed by atoms with E-state index in [-0.39, 0.29) is 36.5 Å². The van der Waals surface area contributed by atoms with Crippen LogP contribution in [0, 0.1) is 0 Å². The molecule has 1 aromatic rings. The zero-order chi connectivity index (χ0) is 23.9. The highest BCUT2D eigenvalue weighted by Crippen LogP contribution is 2.31. The lowest BCUT2D eigenvalue weighted by Gasteiger charge is -2.38. The number of likely N-dealkylation sites (tertiary alicyclic amines) is 1. The number of piperidine rings is 2. The van der Waals surface area contributed by atoms with Gasteiger partial charge in [-0.2, -0.15) is 0 Å². The van der Waals surface area contributed by atoms with Gasteiger partial charge < -0.3 is 19.3 Å². The van der Waals surface area contributed by atoms with Crippen LogP contribution in [0.1, 0.15) is 69.3 Å². The van der Waals surface area contributed by atoms with Gasteiger partial charge in [0.2, 0.25) is 11.8 Å². The van der Waals surface area contributed by atoms with Gasteiger partial charge in [0.15, 0.2) is 0 Å². The van der Waals surface area contributed by atoms with Crippen molar-refractivity contribution in [3.8, 4) is 5.75 Å². The van der Waals surface area contributed by atoms with Gasteiger partial charge in [-0.25, -0.2) is 4.79 Å². The summed E-state index contributed by atoms with van der Waals surface area (Å²) in [5.74, 6) is -0.266. The first-order valence-electron chi connectivity index (χ1n) is 11.5. The second-order valence-electron chi connectivity index (χ2n) is 10.0. The molecule has 0 spiro atoms. The third-order valence-electron chi connectivity index (χ3n) is 6.25. The van der Waals surface area contributed by atoms with Crippen LogP contribution >= 0.6 is 0 Å². The number of amides is 4. The first kappa shape index (κ1) is 23.1. The average molecular weight is 458 g/mol. The molecule has 3 atom stereocenters. The van der Waals surface area contributed by atoms with Crippen molar-refractivity contribution >= 4 is 23.8 Å². The number of hydrogen-bond acceptors (Lipinski definition) is 6. The molecule has 1 N–H and O–H groups in total. The second kappa shape index (κ2) is 8.68. The molecule has 3 heterocycles. The van der Waals surface area contributed by atoms with Gasteiger partial charge in [0.05, 0.1) is 0 Å². The molecule has 0 aliphatic carbocycles. The smallest absolute Gasteiger partial charge is 0.410 e. The van der Waals surface area contributed by atoms with E-state index in [0.29, 0.717) is 43.7 Å². The summed E-state index contributed by atoms with van der Waals surface area (Å²) in [6, 6.07) is 4.71. The topological polar surface area (TPSA) is 105 Å². The molecule has 4 amide bonds. The minimum atomic E-state index is -0.634. The van der Waals surface area contributed by atoms with Crippen molar-refractivity contribution in [1.29, 1.82) is 0 Å². The summed E-state index contributed by atoms with van der Waals surface area (Å²) in [4.78, 5) is 52.2. The summed E-state index contributed by atoms with van der Waals surface area (Å²) >= 11 is 0. The molecular formula is C24H31N3O6. The summed E-state index contributed by atoms with van der Waals surface area (Å²) in [6.45, 7) is 8.40. The number of nitrogens with one attached hydrogen (secondary N) is 1. The standard InChI is InChI=1S/C24H31N3O6/c1-14-11-17(9-10-26(14)23(31)33-24(2,3)4)32-16-5-6-18-15(12-16)13-27(22(18)30)19-7-8-20(28)25-21(19)29/h5-6,12,14,17,19H,7-11,13H2,1-4H3,(H,25,28,29)/t14-,17+,19?/m1/s1. The maximum absolute atomic E-state index is 12.8. The number of carbonyl (C=O) groups is 4. The number of nitrogens with zero attached hydrogens (tertiary/aromatic N) is 2. The number of benzene rings is 1. The van der Waals surface area contributed by atoms with Crippen LogP contribution < -0.4 is 10.1 Å². The van der Waals surface area contributed by atoms with E-state index in [1.54, 1.807) is 17.0 Å². The molecule has 33 heavy (non-hydrogen) atoms. The van der Waals surface area contributed by atoms with Gasteiger partial charge in [-0.05, 0) is 57.9 Å². The number of rotatable bonds is 3. The molecule has 9 nitrogen and oxygen atoms in total. The fraction of sp³-hybridized carbons (Fsp3) is 0.583. The van der Waals surface area contributed by atoms with Crippen LogP contribution in [0.25, 0.3) is 0 Å². The van der Waals surface area contributed by atoms with E-state index in [2.05, 4.69) is 5.32 Å². The van der Waals surface area contributed by atoms with E-state index in [1.807, 2.05) is 33.8 Å². The Morgan fingerprint density at radius 2 is 1.91 bits per heavy atom. The molecule has 1 unspecified atom stereocenters. The van der Waals surface area contributed by atoms with E-state index in [1.165, 1.54) is 4.90 Å². The Morgan fingerprint density at radius 1 is 1.15 bits per heavy atom. The van der Waals surface area contributed by atoms with Crippen molar-refractivity contribution in [1.82, 2.24) is 15.1 Å². The molecule has 1 aromatic carbocycles. The maximum Gasteiger partial charge on any atom is 0.410 e. The Labute approximate surface area is 193 Å². The molecular weight excluding hydrogens is 426 g/mol. The predicted molar refractivity (Wildman–Crippen MR) is 119 cm³/mol. The van der Waals surface area contributed by atoms with Crippen molar-refractivity contribution in [2.75, 3.05) is 6.54 Å². The monoisotopic (exact) mass is 457 g/mol. The van der Waals surface area contributed by atoms with Crippen molar-refractivity contribution in [3.63, 3.8) is 0 Å². The van der Waals surface area contributed by atoms with Gasteiger partial charge in [-0.1, -0.05) is 0 Å². The molecule has 0 bridgehead atoms. The van der Waals surface area contributed by atoms with Crippen LogP contribution in [-0.4, -0.2) is 63.9 Å². The largest absolute Gasteiger partial charge is 0.490 e. The van der Waals surface area contributed by atoms with Crippen LogP contribution in [0.3, 0.4) is 0 Å². The van der Waals surface area contributed by atoms with E-state index in [9.17, 15) is 19.2 Å². The zero-order valence-corrected chi connectivity index (χ0v) is 19.6. The van der Waals surface area contributed by atoms with Gasteiger partial charge in [0.1, 0.15) is 23.5 Å². The molecule has 0 saturated carbocycles. The molecule has 9 heteroatoms. The van der Waals surface area contributed by atoms with Crippen LogP contribution in [0.15, 0.2) is 18.2 Å². The highest BCUT2D eigenvalue weighted by Gasteiger charge is 2.39. The van der Waals surface area contributed by atoms with Crippen LogP contribution in [0.2, 0.25) is 0 Å². The SMILES string of the molecule is C[C@@H]1C[C@@H](Oc2ccc3c(c2)CN(C2CCC(=O)NC2=O)C3=O)CCN1C(=O)OC(C)(C)C. The summed E-state index contributed by atoms with van der Waals surface area (Å²) in [6.07, 6.45) is 1.56. The van der Waals surface area contributed by atoms with Gasteiger partial charge in [0, 0.05) is 44.0 Å². The predicted octanol–water partition coefficient (Wildman–Crippen LogP) is 2.61. The number of fused-ring (bicyclic) bond motifs is 1. The van der Waals surface area contributed by atoms with E-state index in [0.717, 1.165) is 5.56 Å². The summed E-state index contributed by atoms with van der Waals surface area (Å²) in [7, 11) is 0. The highest BCUT2D eigenvalue weighted by molar-refractivity contribution is 6.05. The van der Waals surface area contributed by atoms with E-state index >= 15 is 0 Å².